The Morgan fingerprint density at radius 1 is 1.00 bits per heavy atom. The molecule has 0 saturated carbocycles. The number of aromatic nitrogens is 1. The SMILES string of the molecule is [O-][NH+](O)c1ccc(C2=Cc3ccc4ccccc4[n+]3NC2)cc1. The van der Waals surface area contributed by atoms with Crippen LogP contribution >= 0.6 is 0 Å². The van der Waals surface area contributed by atoms with E-state index in [9.17, 15) is 5.21 Å². The quantitative estimate of drug-likeness (QED) is 0.498. The Labute approximate surface area is 133 Å². The van der Waals surface area contributed by atoms with Crippen molar-refractivity contribution >= 4 is 28.2 Å². The Kier molecular flexibility index (Phi) is 3.31. The fourth-order valence-corrected chi connectivity index (χ4v) is 2.92. The highest BCUT2D eigenvalue weighted by Crippen LogP contribution is 2.21. The molecule has 3 aromatic rings. The molecule has 5 nitrogen and oxygen atoms in total. The minimum atomic E-state index is -0.903. The molecule has 5 heteroatoms. The highest BCUT2D eigenvalue weighted by Gasteiger charge is 2.20. The van der Waals surface area contributed by atoms with E-state index < -0.39 is 5.23 Å². The molecule has 3 N–H and O–H groups in total. The lowest BCUT2D eigenvalue weighted by Crippen LogP contribution is -2.99. The first-order chi connectivity index (χ1) is 11.2. The van der Waals surface area contributed by atoms with E-state index in [-0.39, 0.29) is 0 Å². The molecule has 2 heterocycles. The number of nitrogens with one attached hydrogen (secondary N) is 2. The Morgan fingerprint density at radius 3 is 2.57 bits per heavy atom. The van der Waals surface area contributed by atoms with Gasteiger partial charge in [-0.2, -0.15) is 10.7 Å². The third-order valence-electron chi connectivity index (χ3n) is 4.12. The van der Waals surface area contributed by atoms with Gasteiger partial charge in [-0.1, -0.05) is 16.8 Å². The van der Waals surface area contributed by atoms with Crippen molar-refractivity contribution < 1.29 is 15.1 Å². The first kappa shape index (κ1) is 13.9. The zero-order valence-electron chi connectivity index (χ0n) is 12.4. The van der Waals surface area contributed by atoms with E-state index in [2.05, 4.69) is 40.4 Å². The third-order valence-corrected chi connectivity index (χ3v) is 4.12. The van der Waals surface area contributed by atoms with Gasteiger partial charge in [0.1, 0.15) is 0 Å². The van der Waals surface area contributed by atoms with Crippen LogP contribution in [0.2, 0.25) is 0 Å². The average molecular weight is 306 g/mol. The van der Waals surface area contributed by atoms with E-state index in [0.29, 0.717) is 12.2 Å². The maximum atomic E-state index is 10.9. The third kappa shape index (κ3) is 2.47. The fourth-order valence-electron chi connectivity index (χ4n) is 2.92. The highest BCUT2D eigenvalue weighted by molar-refractivity contribution is 5.84. The largest absolute Gasteiger partial charge is 0.595 e. The van der Waals surface area contributed by atoms with E-state index in [4.69, 9.17) is 5.21 Å². The van der Waals surface area contributed by atoms with Crippen LogP contribution in [-0.4, -0.2) is 11.8 Å². The minimum Gasteiger partial charge on any atom is -0.595 e. The van der Waals surface area contributed by atoms with E-state index in [1.165, 1.54) is 5.39 Å². The van der Waals surface area contributed by atoms with Crippen LogP contribution < -0.4 is 15.3 Å². The van der Waals surface area contributed by atoms with Gasteiger partial charge in [0, 0.05) is 35.7 Å². The maximum absolute atomic E-state index is 10.9. The number of pyridine rings is 1. The molecule has 0 fully saturated rings. The predicted octanol–water partition coefficient (Wildman–Crippen LogP) is 1.63. The van der Waals surface area contributed by atoms with Gasteiger partial charge >= 0.3 is 0 Å². The molecule has 0 aliphatic carbocycles. The summed E-state index contributed by atoms with van der Waals surface area (Å²) in [5.41, 5.74) is 8.11. The molecule has 1 atom stereocenters. The van der Waals surface area contributed by atoms with Gasteiger partial charge in [-0.15, -0.1) is 0 Å². The number of hydrogen-bond acceptors (Lipinski definition) is 3. The van der Waals surface area contributed by atoms with Gasteiger partial charge in [0.05, 0.1) is 6.54 Å². The van der Waals surface area contributed by atoms with Crippen LogP contribution in [0.15, 0.2) is 60.7 Å². The summed E-state index contributed by atoms with van der Waals surface area (Å²) in [5.74, 6) is 0. The van der Waals surface area contributed by atoms with Crippen LogP contribution in [0.3, 0.4) is 0 Å². The standard InChI is InChI=1S/C18H16N3O2/c22-21(23)16-8-5-13(6-9-16)15-11-17-10-7-14-3-1-2-4-18(14)20(17)19-12-15/h1-11,19,21-22H,12H2/q+1. The molecule has 4 rings (SSSR count). The Bertz CT molecular complexity index is 902. The van der Waals surface area contributed by atoms with Crippen molar-refractivity contribution in [2.75, 3.05) is 12.0 Å². The number of fused-ring (bicyclic) bond motifs is 3. The number of hydrogen-bond donors (Lipinski definition) is 3. The molecular formula is C18H16N3O2+. The second-order valence-corrected chi connectivity index (χ2v) is 5.54. The normalized spacial score (nSPS) is 14.8. The van der Waals surface area contributed by atoms with Crippen molar-refractivity contribution in [3.8, 4) is 0 Å². The van der Waals surface area contributed by atoms with Crippen molar-refractivity contribution in [3.05, 3.63) is 77.1 Å². The Balaban J connectivity index is 1.75. The van der Waals surface area contributed by atoms with E-state index in [1.54, 1.807) is 12.1 Å². The van der Waals surface area contributed by atoms with Crippen LogP contribution in [0.4, 0.5) is 5.69 Å². The molecule has 1 aromatic heterocycles. The number of para-hydroxylation sites is 1. The van der Waals surface area contributed by atoms with Crippen molar-refractivity contribution in [1.29, 1.82) is 0 Å². The molecule has 2 aromatic carbocycles. The Morgan fingerprint density at radius 2 is 1.78 bits per heavy atom. The lowest BCUT2D eigenvalue weighted by Gasteiger charge is -2.16. The first-order valence-electron chi connectivity index (χ1n) is 7.44. The highest BCUT2D eigenvalue weighted by atomic mass is 16.8. The van der Waals surface area contributed by atoms with Gasteiger partial charge in [-0.3, -0.25) is 0 Å². The van der Waals surface area contributed by atoms with Gasteiger partial charge in [0.2, 0.25) is 11.2 Å². The first-order valence-corrected chi connectivity index (χ1v) is 7.44. The molecule has 0 amide bonds. The molecule has 114 valence electrons. The summed E-state index contributed by atoms with van der Waals surface area (Å²) in [6, 6.07) is 19.4. The van der Waals surface area contributed by atoms with Gasteiger partial charge in [-0.05, 0) is 35.4 Å². The topological polar surface area (TPSA) is 63.6 Å². The predicted molar refractivity (Wildman–Crippen MR) is 88.5 cm³/mol. The number of nitrogens with zero attached hydrogens (tertiary/aromatic N) is 1. The second-order valence-electron chi connectivity index (χ2n) is 5.54. The van der Waals surface area contributed by atoms with Gasteiger partial charge in [0.15, 0.2) is 5.69 Å². The molecule has 1 aliphatic rings. The van der Waals surface area contributed by atoms with E-state index >= 15 is 0 Å². The molecule has 1 aliphatic heterocycles. The summed E-state index contributed by atoms with van der Waals surface area (Å²) in [5, 5.41) is 20.2. The lowest BCUT2D eigenvalue weighted by molar-refractivity contribution is -0.991. The number of quaternary nitrogens is 1. The number of benzene rings is 2. The lowest BCUT2D eigenvalue weighted by atomic mass is 10.0. The van der Waals surface area contributed by atoms with Gasteiger partial charge in [-0.25, -0.2) is 5.21 Å². The summed E-state index contributed by atoms with van der Waals surface area (Å²) in [6.45, 7) is 0.693. The van der Waals surface area contributed by atoms with Crippen LogP contribution in [0.5, 0.6) is 0 Å². The van der Waals surface area contributed by atoms with Crippen LogP contribution in [0.1, 0.15) is 11.3 Å². The minimum absolute atomic E-state index is 0.305. The van der Waals surface area contributed by atoms with Gasteiger partial charge < -0.3 is 5.21 Å². The zero-order chi connectivity index (χ0) is 15.8. The summed E-state index contributed by atoms with van der Waals surface area (Å²) in [6.07, 6.45) is 2.14. The monoisotopic (exact) mass is 306 g/mol. The Hall–Kier alpha value is -2.73. The van der Waals surface area contributed by atoms with Gasteiger partial charge in [0.25, 0.3) is 0 Å². The van der Waals surface area contributed by atoms with E-state index in [1.807, 2.05) is 24.3 Å². The van der Waals surface area contributed by atoms with Crippen LogP contribution in [-0.2, 0) is 0 Å². The molecule has 0 bridgehead atoms. The summed E-state index contributed by atoms with van der Waals surface area (Å²) < 4.78 is 2.09. The molecule has 0 saturated heterocycles. The molecule has 23 heavy (non-hydrogen) atoms. The van der Waals surface area contributed by atoms with Crippen LogP contribution in [0.25, 0.3) is 22.6 Å². The average Bonchev–Trinajstić information content (AvgIpc) is 2.61. The summed E-state index contributed by atoms with van der Waals surface area (Å²) in [7, 11) is 0. The fraction of sp³-hybridized carbons (Fsp3) is 0.0556. The molecule has 1 unspecified atom stereocenters. The summed E-state index contributed by atoms with van der Waals surface area (Å²) in [4.78, 5) is 0. The number of rotatable bonds is 2. The molecule has 0 spiro atoms. The summed E-state index contributed by atoms with van der Waals surface area (Å²) >= 11 is 0. The zero-order valence-corrected chi connectivity index (χ0v) is 12.4. The molecular weight excluding hydrogens is 290 g/mol. The maximum Gasteiger partial charge on any atom is 0.242 e. The smallest absolute Gasteiger partial charge is 0.242 e. The van der Waals surface area contributed by atoms with Crippen LogP contribution in [0, 0.1) is 5.21 Å². The van der Waals surface area contributed by atoms with Crippen molar-refractivity contribution in [2.24, 2.45) is 0 Å². The van der Waals surface area contributed by atoms with Crippen molar-refractivity contribution in [3.63, 3.8) is 0 Å². The molecule has 0 radical (unpaired) electrons. The van der Waals surface area contributed by atoms with Crippen molar-refractivity contribution in [2.45, 2.75) is 0 Å². The van der Waals surface area contributed by atoms with E-state index in [0.717, 1.165) is 22.3 Å². The second kappa shape index (κ2) is 5.48. The van der Waals surface area contributed by atoms with Crippen molar-refractivity contribution in [1.82, 2.24) is 0 Å².